The molecule has 0 spiro atoms. The number of hydrogen-bond donors (Lipinski definition) is 1. The monoisotopic (exact) mass is 402 g/mol. The lowest BCUT2D eigenvalue weighted by atomic mass is 10.1. The van der Waals surface area contributed by atoms with E-state index in [4.69, 9.17) is 0 Å². The van der Waals surface area contributed by atoms with Crippen molar-refractivity contribution in [3.8, 4) is 5.75 Å². The number of hydrogen-bond acceptors (Lipinski definition) is 3. The molecule has 0 radical (unpaired) electrons. The Hall–Kier alpha value is -1.96. The molecule has 2 amide bonds. The first kappa shape index (κ1) is 18.4. The summed E-state index contributed by atoms with van der Waals surface area (Å²) < 4.78 is 30.0. The van der Waals surface area contributed by atoms with Gasteiger partial charge in [-0.2, -0.15) is 8.78 Å². The summed E-state index contributed by atoms with van der Waals surface area (Å²) in [5.74, 6) is -0.580. The average molecular weight is 403 g/mol. The molecule has 1 aliphatic rings. The van der Waals surface area contributed by atoms with Crippen molar-refractivity contribution in [3.63, 3.8) is 0 Å². The van der Waals surface area contributed by atoms with Crippen LogP contribution < -0.4 is 10.1 Å². The van der Waals surface area contributed by atoms with Crippen LogP contribution in [0.15, 0.2) is 28.7 Å². The Kier molecular flexibility index (Phi) is 6.30. The number of carbonyl (C=O) groups is 2. The Balaban J connectivity index is 2.16. The normalized spacial score (nSPS) is 17.5. The Morgan fingerprint density at radius 2 is 2.21 bits per heavy atom. The van der Waals surface area contributed by atoms with E-state index >= 15 is 0 Å². The lowest BCUT2D eigenvalue weighted by Crippen LogP contribution is -2.44. The summed E-state index contributed by atoms with van der Waals surface area (Å²) in [4.78, 5) is 25.6. The fourth-order valence-corrected chi connectivity index (χ4v) is 2.96. The number of alkyl halides is 2. The van der Waals surface area contributed by atoms with Gasteiger partial charge in [0.15, 0.2) is 0 Å². The van der Waals surface area contributed by atoms with Crippen molar-refractivity contribution in [2.75, 3.05) is 13.6 Å². The number of ether oxygens (including phenoxy) is 1. The van der Waals surface area contributed by atoms with Gasteiger partial charge in [0.1, 0.15) is 11.8 Å². The van der Waals surface area contributed by atoms with Gasteiger partial charge in [0.2, 0.25) is 11.8 Å². The van der Waals surface area contributed by atoms with Gasteiger partial charge < -0.3 is 15.0 Å². The van der Waals surface area contributed by atoms with Gasteiger partial charge in [-0.15, -0.1) is 0 Å². The molecule has 1 aromatic carbocycles. The minimum Gasteiger partial charge on any atom is -0.434 e. The summed E-state index contributed by atoms with van der Waals surface area (Å²) in [5.41, 5.74) is 0.341. The van der Waals surface area contributed by atoms with Crippen LogP contribution in [0.25, 0.3) is 6.08 Å². The zero-order valence-electron chi connectivity index (χ0n) is 13.0. The minimum absolute atomic E-state index is 0.0264. The number of nitrogens with zero attached hydrogens (tertiary/aromatic N) is 1. The number of carbonyl (C=O) groups excluding carboxylic acids is 2. The summed E-state index contributed by atoms with van der Waals surface area (Å²) in [6, 6.07) is 4.04. The zero-order valence-corrected chi connectivity index (χ0v) is 14.6. The van der Waals surface area contributed by atoms with E-state index in [9.17, 15) is 18.4 Å². The largest absolute Gasteiger partial charge is 0.434 e. The molecule has 1 fully saturated rings. The molecule has 1 N–H and O–H groups in total. The second-order valence-corrected chi connectivity index (χ2v) is 6.11. The van der Waals surface area contributed by atoms with E-state index in [1.807, 2.05) is 0 Å². The number of nitrogens with one attached hydrogen (secondary N) is 1. The van der Waals surface area contributed by atoms with Gasteiger partial charge in [-0.05, 0) is 37.1 Å². The SMILES string of the molecule is CNC(=O)C1CCCN1C(=O)/C=C/c1cc(Br)ccc1OC(F)F. The molecule has 0 aromatic heterocycles. The average Bonchev–Trinajstić information content (AvgIpc) is 3.03. The first-order chi connectivity index (χ1) is 11.4. The molecule has 1 aromatic rings. The van der Waals surface area contributed by atoms with Crippen molar-refractivity contribution in [1.82, 2.24) is 10.2 Å². The van der Waals surface area contributed by atoms with E-state index in [1.54, 1.807) is 12.1 Å². The second-order valence-electron chi connectivity index (χ2n) is 5.20. The molecule has 1 unspecified atom stereocenters. The predicted molar refractivity (Wildman–Crippen MR) is 88.6 cm³/mol. The highest BCUT2D eigenvalue weighted by atomic mass is 79.9. The van der Waals surface area contributed by atoms with Gasteiger partial charge in [0.05, 0.1) is 0 Å². The van der Waals surface area contributed by atoms with Crippen LogP contribution >= 0.6 is 15.9 Å². The summed E-state index contributed by atoms with van der Waals surface area (Å²) in [6.45, 7) is -2.47. The van der Waals surface area contributed by atoms with Crippen LogP contribution in [0, 0.1) is 0 Å². The van der Waals surface area contributed by atoms with Gasteiger partial charge >= 0.3 is 6.61 Å². The second kappa shape index (κ2) is 8.23. The van der Waals surface area contributed by atoms with Crippen molar-refractivity contribution >= 4 is 33.8 Å². The van der Waals surface area contributed by atoms with E-state index in [1.165, 1.54) is 30.2 Å². The van der Waals surface area contributed by atoms with E-state index < -0.39 is 12.7 Å². The molecule has 0 aliphatic carbocycles. The van der Waals surface area contributed by atoms with Crippen LogP contribution in [-0.4, -0.2) is 43.0 Å². The highest BCUT2D eigenvalue weighted by Crippen LogP contribution is 2.26. The standard InChI is InChI=1S/C16H17BrF2N2O3/c1-20-15(23)12-3-2-8-21(12)14(22)7-4-10-9-11(17)5-6-13(10)24-16(18)19/h4-7,9,12,16H,2-3,8H2,1H3,(H,20,23)/b7-4+. The molecule has 0 saturated carbocycles. The van der Waals surface area contributed by atoms with E-state index in [0.29, 0.717) is 23.0 Å². The number of rotatable bonds is 5. The molecule has 1 saturated heterocycles. The maximum atomic E-state index is 12.4. The number of likely N-dealkylation sites (N-methyl/N-ethyl adjacent to an activating group) is 1. The summed E-state index contributed by atoms with van der Waals surface area (Å²) >= 11 is 3.25. The molecular formula is C16H17BrF2N2O3. The van der Waals surface area contributed by atoms with Gasteiger partial charge in [-0.3, -0.25) is 9.59 Å². The topological polar surface area (TPSA) is 58.6 Å². The molecular weight excluding hydrogens is 386 g/mol. The number of halogens is 3. The smallest absolute Gasteiger partial charge is 0.387 e. The fraction of sp³-hybridized carbons (Fsp3) is 0.375. The molecule has 1 aliphatic heterocycles. The van der Waals surface area contributed by atoms with Crippen molar-refractivity contribution in [2.45, 2.75) is 25.5 Å². The van der Waals surface area contributed by atoms with Crippen molar-refractivity contribution < 1.29 is 23.1 Å². The van der Waals surface area contributed by atoms with Gasteiger partial charge in [-0.1, -0.05) is 15.9 Å². The summed E-state index contributed by atoms with van der Waals surface area (Å²) in [7, 11) is 1.52. The van der Waals surface area contributed by atoms with Gasteiger partial charge in [0.25, 0.3) is 0 Å². The minimum atomic E-state index is -2.95. The van der Waals surface area contributed by atoms with Crippen molar-refractivity contribution in [1.29, 1.82) is 0 Å². The molecule has 5 nitrogen and oxygen atoms in total. The molecule has 0 bridgehead atoms. The Morgan fingerprint density at radius 1 is 1.46 bits per heavy atom. The molecule has 1 atom stereocenters. The maximum absolute atomic E-state index is 12.4. The fourth-order valence-electron chi connectivity index (χ4n) is 2.58. The van der Waals surface area contributed by atoms with E-state index in [-0.39, 0.29) is 17.6 Å². The first-order valence-corrected chi connectivity index (χ1v) is 8.16. The van der Waals surface area contributed by atoms with Crippen LogP contribution in [0.1, 0.15) is 18.4 Å². The third-order valence-electron chi connectivity index (χ3n) is 3.68. The first-order valence-electron chi connectivity index (χ1n) is 7.37. The quantitative estimate of drug-likeness (QED) is 0.770. The molecule has 2 rings (SSSR count). The molecule has 24 heavy (non-hydrogen) atoms. The lowest BCUT2D eigenvalue weighted by Gasteiger charge is -2.21. The van der Waals surface area contributed by atoms with Crippen LogP contribution in [0.3, 0.4) is 0 Å². The predicted octanol–water partition coefficient (Wildman–Crippen LogP) is 2.80. The Morgan fingerprint density at radius 3 is 2.88 bits per heavy atom. The van der Waals surface area contributed by atoms with E-state index in [2.05, 4.69) is 26.0 Å². The van der Waals surface area contributed by atoms with Crippen LogP contribution in [-0.2, 0) is 9.59 Å². The Bertz CT molecular complexity index is 652. The Labute approximate surface area is 146 Å². The summed E-state index contributed by atoms with van der Waals surface area (Å²) in [6.07, 6.45) is 4.02. The lowest BCUT2D eigenvalue weighted by molar-refractivity contribution is -0.134. The maximum Gasteiger partial charge on any atom is 0.387 e. The number of benzene rings is 1. The van der Waals surface area contributed by atoms with Crippen LogP contribution in [0.2, 0.25) is 0 Å². The molecule has 8 heteroatoms. The van der Waals surface area contributed by atoms with Crippen LogP contribution in [0.4, 0.5) is 8.78 Å². The van der Waals surface area contributed by atoms with Gasteiger partial charge in [0, 0.05) is 29.7 Å². The van der Waals surface area contributed by atoms with Crippen LogP contribution in [0.5, 0.6) is 5.75 Å². The van der Waals surface area contributed by atoms with E-state index in [0.717, 1.165) is 6.42 Å². The highest BCUT2D eigenvalue weighted by molar-refractivity contribution is 9.10. The number of likely N-dealkylation sites (tertiary alicyclic amines) is 1. The van der Waals surface area contributed by atoms with Crippen molar-refractivity contribution in [3.05, 3.63) is 34.3 Å². The molecule has 1 heterocycles. The number of amides is 2. The summed E-state index contributed by atoms with van der Waals surface area (Å²) in [5, 5.41) is 2.54. The molecule has 130 valence electrons. The van der Waals surface area contributed by atoms with Gasteiger partial charge in [-0.25, -0.2) is 0 Å². The van der Waals surface area contributed by atoms with Crippen molar-refractivity contribution in [2.24, 2.45) is 0 Å². The third kappa shape index (κ3) is 4.53. The third-order valence-corrected chi connectivity index (χ3v) is 4.17. The zero-order chi connectivity index (χ0) is 17.7. The highest BCUT2D eigenvalue weighted by Gasteiger charge is 2.32.